The predicted molar refractivity (Wildman–Crippen MR) is 80.1 cm³/mol. The highest BCUT2D eigenvalue weighted by Crippen LogP contribution is 2.29. The summed E-state index contributed by atoms with van der Waals surface area (Å²) in [5, 5.41) is 6.86. The molecule has 2 atom stereocenters. The highest BCUT2D eigenvalue weighted by atomic mass is 16.5. The van der Waals surface area contributed by atoms with E-state index in [1.807, 2.05) is 18.9 Å². The molecule has 1 aliphatic rings. The fourth-order valence-electron chi connectivity index (χ4n) is 2.69. The van der Waals surface area contributed by atoms with Gasteiger partial charge in [0.1, 0.15) is 12.2 Å². The van der Waals surface area contributed by atoms with Gasteiger partial charge in [0.25, 0.3) is 0 Å². The number of nitrogens with one attached hydrogen (secondary N) is 1. The summed E-state index contributed by atoms with van der Waals surface area (Å²) in [6, 6.07) is 1.81. The summed E-state index contributed by atoms with van der Waals surface area (Å²) >= 11 is 0. The number of nitrogens with zero attached hydrogens (tertiary/aromatic N) is 5. The fraction of sp³-hybridized carbons (Fsp3) is 0.571. The molecular weight excluding hydrogens is 284 g/mol. The van der Waals surface area contributed by atoms with Gasteiger partial charge < -0.3 is 14.4 Å². The number of hydrogen-bond acceptors (Lipinski definition) is 7. The molecule has 2 aromatic rings. The Morgan fingerprint density at radius 1 is 1.45 bits per heavy atom. The quantitative estimate of drug-likeness (QED) is 0.878. The van der Waals surface area contributed by atoms with Crippen LogP contribution in [-0.4, -0.2) is 58.6 Å². The van der Waals surface area contributed by atoms with Gasteiger partial charge in [0.15, 0.2) is 0 Å². The molecule has 1 N–H and O–H groups in total. The number of H-pyrrole nitrogens is 1. The summed E-state index contributed by atoms with van der Waals surface area (Å²) in [5.74, 6) is 2.28. The third-order valence-corrected chi connectivity index (χ3v) is 3.82. The monoisotopic (exact) mass is 304 g/mol. The molecule has 1 fully saturated rings. The smallest absolute Gasteiger partial charge is 0.228 e. The average molecular weight is 304 g/mol. The normalized spacial score (nSPS) is 21.0. The van der Waals surface area contributed by atoms with Crippen molar-refractivity contribution in [3.8, 4) is 5.88 Å². The van der Waals surface area contributed by atoms with Gasteiger partial charge in [0.2, 0.25) is 11.8 Å². The van der Waals surface area contributed by atoms with E-state index in [9.17, 15) is 0 Å². The van der Waals surface area contributed by atoms with Gasteiger partial charge in [-0.2, -0.15) is 10.1 Å². The summed E-state index contributed by atoms with van der Waals surface area (Å²) in [4.78, 5) is 15.1. The highest BCUT2D eigenvalue weighted by Gasteiger charge is 2.33. The number of hydrogen-bond donors (Lipinski definition) is 1. The molecule has 2 aromatic heterocycles. The Labute approximate surface area is 128 Å². The van der Waals surface area contributed by atoms with Crippen LogP contribution in [-0.2, 0) is 4.74 Å². The molecule has 0 aromatic carbocycles. The van der Waals surface area contributed by atoms with Crippen molar-refractivity contribution in [3.63, 3.8) is 0 Å². The largest absolute Gasteiger partial charge is 0.481 e. The maximum absolute atomic E-state index is 5.85. The molecule has 0 bridgehead atoms. The Balaban J connectivity index is 1.73. The van der Waals surface area contributed by atoms with E-state index < -0.39 is 0 Å². The summed E-state index contributed by atoms with van der Waals surface area (Å²) in [6.45, 7) is 3.32. The Kier molecular flexibility index (Phi) is 4.19. The molecule has 118 valence electrons. The highest BCUT2D eigenvalue weighted by molar-refractivity contribution is 5.33. The topological polar surface area (TPSA) is 89.0 Å². The number of aryl methyl sites for hydroxylation is 1. The molecule has 8 heteroatoms. The van der Waals surface area contributed by atoms with Crippen LogP contribution in [0.15, 0.2) is 12.4 Å². The van der Waals surface area contributed by atoms with Gasteiger partial charge in [-0.25, -0.2) is 9.97 Å². The van der Waals surface area contributed by atoms with Crippen molar-refractivity contribution in [2.75, 3.05) is 32.2 Å². The predicted octanol–water partition coefficient (Wildman–Crippen LogP) is 0.921. The summed E-state index contributed by atoms with van der Waals surface area (Å²) in [5.41, 5.74) is 0.868. The molecule has 3 rings (SSSR count). The van der Waals surface area contributed by atoms with Gasteiger partial charge in [0, 0.05) is 37.9 Å². The van der Waals surface area contributed by atoms with Gasteiger partial charge in [-0.15, -0.1) is 0 Å². The molecule has 0 aliphatic carbocycles. The van der Waals surface area contributed by atoms with E-state index in [2.05, 4.69) is 25.1 Å². The summed E-state index contributed by atoms with van der Waals surface area (Å²) in [7, 11) is 3.55. The first-order valence-corrected chi connectivity index (χ1v) is 7.25. The van der Waals surface area contributed by atoms with Gasteiger partial charge in [-0.1, -0.05) is 0 Å². The van der Waals surface area contributed by atoms with Crippen LogP contribution in [0.25, 0.3) is 0 Å². The summed E-state index contributed by atoms with van der Waals surface area (Å²) in [6.07, 6.45) is 2.50. The zero-order chi connectivity index (χ0) is 15.5. The number of aromatic amines is 1. The molecule has 22 heavy (non-hydrogen) atoms. The SMILES string of the molecule is COc1cc(C)nc(N(C)C[C@H]2OCC[C@H]2c2ncn[nH]2)n1. The second kappa shape index (κ2) is 6.27. The van der Waals surface area contributed by atoms with Crippen molar-refractivity contribution in [3.05, 3.63) is 23.9 Å². The molecular formula is C14H20N6O2. The lowest BCUT2D eigenvalue weighted by Gasteiger charge is -2.24. The van der Waals surface area contributed by atoms with E-state index in [1.54, 1.807) is 13.2 Å². The number of aromatic nitrogens is 5. The van der Waals surface area contributed by atoms with Crippen molar-refractivity contribution in [2.45, 2.75) is 25.4 Å². The van der Waals surface area contributed by atoms with E-state index in [-0.39, 0.29) is 12.0 Å². The van der Waals surface area contributed by atoms with Crippen molar-refractivity contribution >= 4 is 5.95 Å². The number of likely N-dealkylation sites (N-methyl/N-ethyl adjacent to an activating group) is 1. The van der Waals surface area contributed by atoms with Crippen LogP contribution in [0.3, 0.4) is 0 Å². The van der Waals surface area contributed by atoms with Crippen molar-refractivity contribution in [1.82, 2.24) is 25.1 Å². The lowest BCUT2D eigenvalue weighted by atomic mass is 10.0. The molecule has 3 heterocycles. The molecule has 0 radical (unpaired) electrons. The van der Waals surface area contributed by atoms with E-state index in [0.29, 0.717) is 18.4 Å². The van der Waals surface area contributed by atoms with Gasteiger partial charge in [0.05, 0.1) is 13.2 Å². The zero-order valence-corrected chi connectivity index (χ0v) is 13.0. The third kappa shape index (κ3) is 3.01. The Morgan fingerprint density at radius 2 is 2.32 bits per heavy atom. The number of ether oxygens (including phenoxy) is 2. The first kappa shape index (κ1) is 14.7. The fourth-order valence-corrected chi connectivity index (χ4v) is 2.69. The van der Waals surface area contributed by atoms with Crippen LogP contribution in [0.2, 0.25) is 0 Å². The van der Waals surface area contributed by atoms with E-state index in [1.165, 1.54) is 6.33 Å². The van der Waals surface area contributed by atoms with Crippen molar-refractivity contribution in [1.29, 1.82) is 0 Å². The zero-order valence-electron chi connectivity index (χ0n) is 13.0. The Morgan fingerprint density at radius 3 is 3.05 bits per heavy atom. The number of rotatable bonds is 5. The van der Waals surface area contributed by atoms with Crippen LogP contribution in [0.4, 0.5) is 5.95 Å². The van der Waals surface area contributed by atoms with Crippen molar-refractivity contribution < 1.29 is 9.47 Å². The van der Waals surface area contributed by atoms with Crippen LogP contribution < -0.4 is 9.64 Å². The van der Waals surface area contributed by atoms with Crippen LogP contribution in [0, 0.1) is 6.92 Å². The molecule has 1 aliphatic heterocycles. The van der Waals surface area contributed by atoms with Crippen molar-refractivity contribution in [2.24, 2.45) is 0 Å². The maximum Gasteiger partial charge on any atom is 0.228 e. The lowest BCUT2D eigenvalue weighted by molar-refractivity contribution is 0.108. The molecule has 8 nitrogen and oxygen atoms in total. The number of methoxy groups -OCH3 is 1. The Bertz CT molecular complexity index is 618. The molecule has 1 saturated heterocycles. The average Bonchev–Trinajstić information content (AvgIpc) is 3.17. The second-order valence-electron chi connectivity index (χ2n) is 5.41. The minimum atomic E-state index is 0.0352. The summed E-state index contributed by atoms with van der Waals surface area (Å²) < 4.78 is 11.1. The first-order chi connectivity index (χ1) is 10.7. The first-order valence-electron chi connectivity index (χ1n) is 7.25. The van der Waals surface area contributed by atoms with E-state index in [4.69, 9.17) is 9.47 Å². The molecule has 0 spiro atoms. The van der Waals surface area contributed by atoms with E-state index in [0.717, 1.165) is 24.5 Å². The Hall–Kier alpha value is -2.22. The number of anilines is 1. The van der Waals surface area contributed by atoms with Gasteiger partial charge >= 0.3 is 0 Å². The lowest BCUT2D eigenvalue weighted by Crippen LogP contribution is -2.33. The van der Waals surface area contributed by atoms with Gasteiger partial charge in [-0.05, 0) is 13.3 Å². The van der Waals surface area contributed by atoms with Crippen LogP contribution in [0.5, 0.6) is 5.88 Å². The van der Waals surface area contributed by atoms with Gasteiger partial charge in [-0.3, -0.25) is 5.10 Å². The van der Waals surface area contributed by atoms with Crippen LogP contribution in [0.1, 0.15) is 23.9 Å². The van der Waals surface area contributed by atoms with E-state index >= 15 is 0 Å². The van der Waals surface area contributed by atoms with Crippen LogP contribution >= 0.6 is 0 Å². The maximum atomic E-state index is 5.85. The minimum Gasteiger partial charge on any atom is -0.481 e. The minimum absolute atomic E-state index is 0.0352. The molecule has 0 saturated carbocycles. The third-order valence-electron chi connectivity index (χ3n) is 3.82. The standard InChI is InChI=1S/C14H20N6O2/c1-9-6-12(21-3)18-14(17-9)20(2)7-11-10(4-5-22-11)13-15-8-16-19-13/h6,8,10-11H,4-5,7H2,1-3H3,(H,15,16,19)/t10-,11-/m1/s1. The second-order valence-corrected chi connectivity index (χ2v) is 5.41. The molecule has 0 amide bonds. The molecule has 0 unspecified atom stereocenters.